The zero-order valence-corrected chi connectivity index (χ0v) is 20.2. The standard InChI is InChI=1S/C23H24N6O.C2HF3O2/c1-15-25-22-21(29(15)18-8-3-4-9-18)19-13-16(10-11-20(19)26-27-22)23(30)28(2)14-17-7-5-6-12-24-17;3-2(4,5)1(6)7/h5-7,10-13,18H,3-4,8-9,14H2,1-2H3;(H,6,7). The maximum atomic E-state index is 13.1. The first kappa shape index (κ1) is 26.0. The van der Waals surface area contributed by atoms with Crippen molar-refractivity contribution in [1.82, 2.24) is 29.6 Å². The molecular weight excluding hydrogens is 489 g/mol. The highest BCUT2D eigenvalue weighted by molar-refractivity contribution is 6.05. The third kappa shape index (κ3) is 5.68. The second-order valence-corrected chi connectivity index (χ2v) is 8.86. The van der Waals surface area contributed by atoms with E-state index in [0.717, 1.165) is 40.8 Å². The largest absolute Gasteiger partial charge is 0.490 e. The van der Waals surface area contributed by atoms with E-state index >= 15 is 0 Å². The molecule has 1 aliphatic carbocycles. The van der Waals surface area contributed by atoms with Crippen LogP contribution in [0.15, 0.2) is 42.6 Å². The number of hydrogen-bond donors (Lipinski definition) is 1. The van der Waals surface area contributed by atoms with Crippen LogP contribution in [0.25, 0.3) is 22.1 Å². The van der Waals surface area contributed by atoms with E-state index in [1.165, 1.54) is 12.8 Å². The second-order valence-electron chi connectivity index (χ2n) is 8.86. The van der Waals surface area contributed by atoms with Gasteiger partial charge in [0.15, 0.2) is 0 Å². The van der Waals surface area contributed by atoms with E-state index in [1.54, 1.807) is 18.1 Å². The maximum absolute atomic E-state index is 13.1. The highest BCUT2D eigenvalue weighted by Gasteiger charge is 2.38. The van der Waals surface area contributed by atoms with Crippen LogP contribution in [-0.4, -0.2) is 59.8 Å². The molecule has 37 heavy (non-hydrogen) atoms. The van der Waals surface area contributed by atoms with Gasteiger partial charge in [-0.05, 0) is 50.1 Å². The van der Waals surface area contributed by atoms with E-state index in [9.17, 15) is 18.0 Å². The van der Waals surface area contributed by atoms with Gasteiger partial charge in [-0.3, -0.25) is 9.78 Å². The van der Waals surface area contributed by atoms with Gasteiger partial charge in [-0.1, -0.05) is 18.9 Å². The number of carbonyl (C=O) groups excluding carboxylic acids is 1. The average Bonchev–Trinajstić information content (AvgIpc) is 3.50. The number of alkyl halides is 3. The molecule has 0 atom stereocenters. The molecule has 0 radical (unpaired) electrons. The normalized spacial score (nSPS) is 14.0. The molecule has 1 fully saturated rings. The Morgan fingerprint density at radius 1 is 1.14 bits per heavy atom. The molecule has 194 valence electrons. The summed E-state index contributed by atoms with van der Waals surface area (Å²) in [6.07, 6.45) is 1.44. The van der Waals surface area contributed by atoms with Crippen LogP contribution in [0.3, 0.4) is 0 Å². The molecular formula is C25H25F3N6O3. The monoisotopic (exact) mass is 514 g/mol. The van der Waals surface area contributed by atoms with Crippen LogP contribution in [0.2, 0.25) is 0 Å². The summed E-state index contributed by atoms with van der Waals surface area (Å²) in [7, 11) is 1.80. The number of nitrogens with zero attached hydrogens (tertiary/aromatic N) is 6. The predicted molar refractivity (Wildman–Crippen MR) is 129 cm³/mol. The molecule has 1 aromatic carbocycles. The summed E-state index contributed by atoms with van der Waals surface area (Å²) in [5.41, 5.74) is 3.92. The molecule has 1 N–H and O–H groups in total. The highest BCUT2D eigenvalue weighted by Crippen LogP contribution is 2.35. The molecule has 1 amide bonds. The Kier molecular flexibility index (Phi) is 7.37. The van der Waals surface area contributed by atoms with Gasteiger partial charge in [-0.15, -0.1) is 10.2 Å². The first-order valence-corrected chi connectivity index (χ1v) is 11.7. The van der Waals surface area contributed by atoms with Crippen molar-refractivity contribution < 1.29 is 27.9 Å². The molecule has 0 unspecified atom stereocenters. The molecule has 12 heteroatoms. The van der Waals surface area contributed by atoms with Crippen molar-refractivity contribution in [3.05, 3.63) is 59.7 Å². The van der Waals surface area contributed by atoms with Crippen molar-refractivity contribution in [3.63, 3.8) is 0 Å². The lowest BCUT2D eigenvalue weighted by atomic mass is 10.1. The van der Waals surface area contributed by atoms with Gasteiger partial charge in [0, 0.05) is 30.2 Å². The molecule has 5 rings (SSSR count). The van der Waals surface area contributed by atoms with E-state index in [0.29, 0.717) is 23.8 Å². The van der Waals surface area contributed by atoms with Crippen molar-refractivity contribution in [2.24, 2.45) is 0 Å². The number of carboxylic acid groups (broad SMARTS) is 1. The van der Waals surface area contributed by atoms with Crippen LogP contribution >= 0.6 is 0 Å². The molecule has 0 saturated heterocycles. The Hall–Kier alpha value is -4.09. The molecule has 3 aromatic heterocycles. The lowest BCUT2D eigenvalue weighted by Gasteiger charge is -2.18. The molecule has 3 heterocycles. The Bertz CT molecular complexity index is 1430. The molecule has 0 bridgehead atoms. The number of pyridine rings is 1. The number of fused-ring (bicyclic) bond motifs is 3. The fourth-order valence-electron chi connectivity index (χ4n) is 4.53. The van der Waals surface area contributed by atoms with E-state index in [-0.39, 0.29) is 5.91 Å². The third-order valence-corrected chi connectivity index (χ3v) is 6.22. The number of rotatable bonds is 4. The summed E-state index contributed by atoms with van der Waals surface area (Å²) in [5, 5.41) is 16.7. The quantitative estimate of drug-likeness (QED) is 0.420. The number of carboxylic acids is 1. The maximum Gasteiger partial charge on any atom is 0.490 e. The fourth-order valence-corrected chi connectivity index (χ4v) is 4.53. The van der Waals surface area contributed by atoms with E-state index in [2.05, 4.69) is 24.7 Å². The number of imidazole rings is 1. The minimum absolute atomic E-state index is 0.0452. The summed E-state index contributed by atoms with van der Waals surface area (Å²) in [6.45, 7) is 2.49. The van der Waals surface area contributed by atoms with Crippen LogP contribution in [0.5, 0.6) is 0 Å². The minimum Gasteiger partial charge on any atom is -0.475 e. The zero-order chi connectivity index (χ0) is 26.7. The molecule has 0 aliphatic heterocycles. The van der Waals surface area contributed by atoms with Gasteiger partial charge >= 0.3 is 12.1 Å². The summed E-state index contributed by atoms with van der Waals surface area (Å²) in [4.78, 5) is 32.7. The molecule has 1 saturated carbocycles. The van der Waals surface area contributed by atoms with Crippen LogP contribution in [0.1, 0.15) is 53.6 Å². The lowest BCUT2D eigenvalue weighted by Crippen LogP contribution is -2.26. The smallest absolute Gasteiger partial charge is 0.475 e. The van der Waals surface area contributed by atoms with Crippen molar-refractivity contribution in [2.45, 2.75) is 51.4 Å². The topological polar surface area (TPSA) is 114 Å². The van der Waals surface area contributed by atoms with Gasteiger partial charge in [0.2, 0.25) is 5.65 Å². The van der Waals surface area contributed by atoms with Crippen molar-refractivity contribution in [1.29, 1.82) is 0 Å². The van der Waals surface area contributed by atoms with Gasteiger partial charge in [0.1, 0.15) is 5.82 Å². The number of benzene rings is 1. The summed E-state index contributed by atoms with van der Waals surface area (Å²) >= 11 is 0. The SMILES string of the molecule is Cc1nc2nnc3ccc(C(=O)N(C)Cc4ccccn4)cc3c2n1C1CCCC1.O=C(O)C(F)(F)F. The Morgan fingerprint density at radius 2 is 1.84 bits per heavy atom. The highest BCUT2D eigenvalue weighted by atomic mass is 19.4. The third-order valence-electron chi connectivity index (χ3n) is 6.22. The Balaban J connectivity index is 0.000000405. The first-order chi connectivity index (χ1) is 17.6. The second kappa shape index (κ2) is 10.5. The molecule has 1 aliphatic rings. The number of aromatic nitrogens is 5. The summed E-state index contributed by atoms with van der Waals surface area (Å²) < 4.78 is 34.0. The number of aryl methyl sites for hydroxylation is 1. The van der Waals surface area contributed by atoms with Gasteiger partial charge in [0.25, 0.3) is 5.91 Å². The Labute approximate surface area is 210 Å². The van der Waals surface area contributed by atoms with Crippen LogP contribution in [0, 0.1) is 6.92 Å². The van der Waals surface area contributed by atoms with Gasteiger partial charge in [-0.25, -0.2) is 9.78 Å². The van der Waals surface area contributed by atoms with Crippen LogP contribution in [0.4, 0.5) is 13.2 Å². The summed E-state index contributed by atoms with van der Waals surface area (Å²) in [6, 6.07) is 11.8. The number of aliphatic carboxylic acids is 1. The van der Waals surface area contributed by atoms with Crippen molar-refractivity contribution >= 4 is 33.9 Å². The van der Waals surface area contributed by atoms with Gasteiger partial charge in [0.05, 0.1) is 23.3 Å². The molecule has 0 spiro atoms. The van der Waals surface area contributed by atoms with Crippen LogP contribution in [-0.2, 0) is 11.3 Å². The number of carbonyl (C=O) groups is 2. The fraction of sp³-hybridized carbons (Fsp3) is 0.360. The van der Waals surface area contributed by atoms with Crippen molar-refractivity contribution in [2.75, 3.05) is 7.05 Å². The van der Waals surface area contributed by atoms with E-state index in [4.69, 9.17) is 9.90 Å². The van der Waals surface area contributed by atoms with Crippen molar-refractivity contribution in [3.8, 4) is 0 Å². The lowest BCUT2D eigenvalue weighted by molar-refractivity contribution is -0.192. The number of hydrogen-bond acceptors (Lipinski definition) is 6. The van der Waals surface area contributed by atoms with E-state index < -0.39 is 12.1 Å². The summed E-state index contributed by atoms with van der Waals surface area (Å²) in [5.74, 6) is -1.84. The average molecular weight is 515 g/mol. The van der Waals surface area contributed by atoms with Gasteiger partial charge < -0.3 is 14.6 Å². The van der Waals surface area contributed by atoms with Crippen LogP contribution < -0.4 is 0 Å². The molecule has 4 aromatic rings. The first-order valence-electron chi connectivity index (χ1n) is 11.7. The number of halogens is 3. The molecule has 9 nitrogen and oxygen atoms in total. The number of amides is 1. The van der Waals surface area contributed by atoms with Gasteiger partial charge in [-0.2, -0.15) is 13.2 Å². The zero-order valence-electron chi connectivity index (χ0n) is 20.2. The minimum atomic E-state index is -5.08. The predicted octanol–water partition coefficient (Wildman–Crippen LogP) is 4.70. The van der Waals surface area contributed by atoms with E-state index in [1.807, 2.05) is 43.3 Å². The Morgan fingerprint density at radius 3 is 2.46 bits per heavy atom.